The van der Waals surface area contributed by atoms with Gasteiger partial charge in [0.15, 0.2) is 0 Å². The average Bonchev–Trinajstić information content (AvgIpc) is 2.75. The Morgan fingerprint density at radius 2 is 2.12 bits per heavy atom. The minimum Gasteiger partial charge on any atom is -0.481 e. The van der Waals surface area contributed by atoms with Crippen LogP contribution in [0.25, 0.3) is 0 Å². The van der Waals surface area contributed by atoms with Crippen LogP contribution >= 0.6 is 0 Å². The Kier molecular flexibility index (Phi) is 3.08. The van der Waals surface area contributed by atoms with E-state index in [2.05, 4.69) is 5.29 Å². The molecule has 1 aliphatic heterocycles. The number of benzene rings is 1. The summed E-state index contributed by atoms with van der Waals surface area (Å²) in [5.41, 5.74) is 0.0950. The number of hydrogen-bond donors (Lipinski definition) is 1. The van der Waals surface area contributed by atoms with Crippen LogP contribution in [-0.4, -0.2) is 29.2 Å². The first-order valence-corrected chi connectivity index (χ1v) is 5.52. The van der Waals surface area contributed by atoms with E-state index in [1.54, 1.807) is 0 Å². The molecule has 1 N–H and O–H groups in total. The third-order valence-electron chi connectivity index (χ3n) is 3.29. The summed E-state index contributed by atoms with van der Waals surface area (Å²) in [6.45, 7) is 0.614. The predicted molar refractivity (Wildman–Crippen MR) is 62.2 cm³/mol. The van der Waals surface area contributed by atoms with E-state index in [9.17, 15) is 14.8 Å². The molecule has 1 saturated heterocycles. The molecule has 0 spiro atoms. The summed E-state index contributed by atoms with van der Waals surface area (Å²) >= 11 is 0. The topological polar surface area (TPSA) is 70.0 Å². The molecule has 1 aromatic carbocycles. The lowest BCUT2D eigenvalue weighted by molar-refractivity contribution is -0.148. The predicted octanol–water partition coefficient (Wildman–Crippen LogP) is 1.69. The molecule has 17 heavy (non-hydrogen) atoms. The van der Waals surface area contributed by atoms with Crippen molar-refractivity contribution >= 4 is 5.97 Å². The second kappa shape index (κ2) is 4.53. The van der Waals surface area contributed by atoms with Crippen molar-refractivity contribution in [3.63, 3.8) is 0 Å². The van der Waals surface area contributed by atoms with Gasteiger partial charge < -0.3 is 5.11 Å². The summed E-state index contributed by atoms with van der Waals surface area (Å²) in [7, 11) is 0. The zero-order chi connectivity index (χ0) is 12.3. The Labute approximate surface area is 99.0 Å². The molecule has 1 atom stereocenters. The second-order valence-corrected chi connectivity index (χ2v) is 4.47. The maximum atomic E-state index is 11.4. The van der Waals surface area contributed by atoms with Gasteiger partial charge in [0.05, 0.1) is 17.2 Å². The Hall–Kier alpha value is -1.91. The van der Waals surface area contributed by atoms with Gasteiger partial charge in [0.25, 0.3) is 0 Å². The first kappa shape index (κ1) is 11.6. The smallest absolute Gasteiger partial charge is 0.311 e. The highest BCUT2D eigenvalue weighted by atomic mass is 16.4. The summed E-state index contributed by atoms with van der Waals surface area (Å²) in [5, 5.41) is 13.5. The molecular formula is C12H14N2O3. The quantitative estimate of drug-likeness (QED) is 0.805. The number of carboxylic acids is 1. The lowest BCUT2D eigenvalue weighted by Crippen LogP contribution is -2.35. The number of carbonyl (C=O) groups is 1. The van der Waals surface area contributed by atoms with Crippen molar-refractivity contribution in [2.75, 3.05) is 13.1 Å². The minimum atomic E-state index is -0.880. The lowest BCUT2D eigenvalue weighted by Gasteiger charge is -2.23. The van der Waals surface area contributed by atoms with Gasteiger partial charge in [-0.2, -0.15) is 0 Å². The second-order valence-electron chi connectivity index (χ2n) is 4.47. The summed E-state index contributed by atoms with van der Waals surface area (Å²) < 4.78 is 0. The number of rotatable bonds is 4. The molecule has 0 amide bonds. The van der Waals surface area contributed by atoms with Gasteiger partial charge in [0.2, 0.25) is 0 Å². The Morgan fingerprint density at radius 3 is 2.65 bits per heavy atom. The van der Waals surface area contributed by atoms with Gasteiger partial charge in [-0.25, -0.2) is 0 Å². The van der Waals surface area contributed by atoms with Crippen LogP contribution in [-0.2, 0) is 11.2 Å². The van der Waals surface area contributed by atoms with Crippen LogP contribution in [0.15, 0.2) is 35.6 Å². The van der Waals surface area contributed by atoms with E-state index in [1.807, 2.05) is 30.3 Å². The van der Waals surface area contributed by atoms with Crippen LogP contribution in [0.3, 0.4) is 0 Å². The Morgan fingerprint density at radius 1 is 1.41 bits per heavy atom. The van der Waals surface area contributed by atoms with Gasteiger partial charge in [0.1, 0.15) is 0 Å². The number of nitrogens with zero attached hydrogens (tertiary/aromatic N) is 2. The van der Waals surface area contributed by atoms with Crippen molar-refractivity contribution in [1.82, 2.24) is 5.01 Å². The fourth-order valence-electron chi connectivity index (χ4n) is 2.30. The molecule has 0 radical (unpaired) electrons. The zero-order valence-electron chi connectivity index (χ0n) is 9.37. The number of hydrogen-bond acceptors (Lipinski definition) is 3. The normalized spacial score (nSPS) is 23.6. The monoisotopic (exact) mass is 234 g/mol. The molecule has 0 saturated carbocycles. The Balaban J connectivity index is 2.19. The molecule has 0 bridgehead atoms. The zero-order valence-corrected chi connectivity index (χ0v) is 9.37. The van der Waals surface area contributed by atoms with E-state index in [0.717, 1.165) is 5.56 Å². The largest absolute Gasteiger partial charge is 0.481 e. The van der Waals surface area contributed by atoms with Crippen molar-refractivity contribution < 1.29 is 9.90 Å². The van der Waals surface area contributed by atoms with Crippen molar-refractivity contribution in [2.45, 2.75) is 12.8 Å². The molecule has 1 unspecified atom stereocenters. The molecule has 1 aromatic rings. The molecule has 0 aromatic heterocycles. The van der Waals surface area contributed by atoms with Crippen molar-refractivity contribution in [2.24, 2.45) is 10.7 Å². The number of nitroso groups, excluding NO2 is 1. The molecule has 90 valence electrons. The average molecular weight is 234 g/mol. The van der Waals surface area contributed by atoms with E-state index >= 15 is 0 Å². The highest BCUT2D eigenvalue weighted by molar-refractivity contribution is 5.76. The molecular weight excluding hydrogens is 220 g/mol. The fraction of sp³-hybridized carbons (Fsp3) is 0.417. The summed E-state index contributed by atoms with van der Waals surface area (Å²) in [6, 6.07) is 9.47. The van der Waals surface area contributed by atoms with Crippen LogP contribution in [0.2, 0.25) is 0 Å². The third kappa shape index (κ3) is 2.27. The van der Waals surface area contributed by atoms with Crippen LogP contribution in [0, 0.1) is 10.3 Å². The van der Waals surface area contributed by atoms with E-state index in [0.29, 0.717) is 19.4 Å². The van der Waals surface area contributed by atoms with E-state index in [4.69, 9.17) is 0 Å². The summed E-state index contributed by atoms with van der Waals surface area (Å²) in [6.07, 6.45) is 0.901. The molecule has 5 nitrogen and oxygen atoms in total. The third-order valence-corrected chi connectivity index (χ3v) is 3.29. The summed E-state index contributed by atoms with van der Waals surface area (Å²) in [4.78, 5) is 21.9. The first-order chi connectivity index (χ1) is 8.16. The number of carboxylic acid groups (broad SMARTS) is 1. The van der Waals surface area contributed by atoms with Gasteiger partial charge in [-0.15, -0.1) is 4.91 Å². The highest BCUT2D eigenvalue weighted by Gasteiger charge is 2.45. The molecule has 5 heteroatoms. The van der Waals surface area contributed by atoms with Crippen molar-refractivity contribution in [1.29, 1.82) is 0 Å². The molecule has 1 aliphatic rings. The fourth-order valence-corrected chi connectivity index (χ4v) is 2.30. The summed E-state index contributed by atoms with van der Waals surface area (Å²) in [5.74, 6) is -0.854. The van der Waals surface area contributed by atoms with Gasteiger partial charge in [-0.05, 0) is 18.4 Å². The molecule has 2 rings (SSSR count). The van der Waals surface area contributed by atoms with Crippen LogP contribution in [0.4, 0.5) is 0 Å². The molecule has 1 heterocycles. The van der Waals surface area contributed by atoms with E-state index in [1.165, 1.54) is 5.01 Å². The molecule has 0 aliphatic carbocycles. The highest BCUT2D eigenvalue weighted by Crippen LogP contribution is 2.34. The number of aliphatic carboxylic acids is 1. The van der Waals surface area contributed by atoms with E-state index < -0.39 is 11.4 Å². The van der Waals surface area contributed by atoms with E-state index in [-0.39, 0.29) is 6.54 Å². The molecule has 1 fully saturated rings. The van der Waals surface area contributed by atoms with Crippen molar-refractivity contribution in [3.05, 3.63) is 40.8 Å². The first-order valence-electron chi connectivity index (χ1n) is 5.52. The van der Waals surface area contributed by atoms with Gasteiger partial charge in [-0.3, -0.25) is 9.80 Å². The van der Waals surface area contributed by atoms with Gasteiger partial charge in [-0.1, -0.05) is 30.3 Å². The minimum absolute atomic E-state index is 0.195. The SMILES string of the molecule is O=NN1CCC(Cc2ccccc2)(C(=O)O)C1. The maximum absolute atomic E-state index is 11.4. The Bertz CT molecular complexity index is 421. The lowest BCUT2D eigenvalue weighted by atomic mass is 9.81. The van der Waals surface area contributed by atoms with Crippen LogP contribution in [0.1, 0.15) is 12.0 Å². The van der Waals surface area contributed by atoms with Crippen LogP contribution in [0.5, 0.6) is 0 Å². The van der Waals surface area contributed by atoms with Gasteiger partial charge in [0, 0.05) is 6.54 Å². The maximum Gasteiger partial charge on any atom is 0.311 e. The standard InChI is InChI=1S/C12H14N2O3/c15-11(16)12(6-7-14(9-12)13-17)8-10-4-2-1-3-5-10/h1-5H,6-9H2,(H,15,16). The van der Waals surface area contributed by atoms with Crippen molar-refractivity contribution in [3.8, 4) is 0 Å². The van der Waals surface area contributed by atoms with Crippen LogP contribution < -0.4 is 0 Å². The van der Waals surface area contributed by atoms with Gasteiger partial charge >= 0.3 is 5.97 Å².